The van der Waals surface area contributed by atoms with E-state index in [1.807, 2.05) is 42.5 Å². The van der Waals surface area contributed by atoms with Crippen LogP contribution in [0, 0.1) is 5.82 Å². The monoisotopic (exact) mass is 358 g/mol. The first-order valence-corrected chi connectivity index (χ1v) is 8.33. The second kappa shape index (κ2) is 7.21. The smallest absolute Gasteiger partial charge is 0.258 e. The Bertz CT molecular complexity index is 1100. The summed E-state index contributed by atoms with van der Waals surface area (Å²) < 4.78 is 13.8. The SMILES string of the molecule is O=C(Nc1ccc(Nc2ccccc2)cc1)c1cc(F)cc2nccnc12. The van der Waals surface area contributed by atoms with Crippen molar-refractivity contribution in [3.8, 4) is 0 Å². The van der Waals surface area contributed by atoms with E-state index in [1.165, 1.54) is 18.5 Å². The van der Waals surface area contributed by atoms with Crippen molar-refractivity contribution < 1.29 is 9.18 Å². The molecule has 0 atom stereocenters. The summed E-state index contributed by atoms with van der Waals surface area (Å²) in [7, 11) is 0. The molecule has 4 aromatic rings. The van der Waals surface area contributed by atoms with Gasteiger partial charge in [-0.2, -0.15) is 0 Å². The number of nitrogens with zero attached hydrogens (tertiary/aromatic N) is 2. The lowest BCUT2D eigenvalue weighted by Gasteiger charge is -2.10. The highest BCUT2D eigenvalue weighted by Crippen LogP contribution is 2.21. The highest BCUT2D eigenvalue weighted by atomic mass is 19.1. The Hall–Kier alpha value is -3.80. The average molecular weight is 358 g/mol. The van der Waals surface area contributed by atoms with Gasteiger partial charge in [-0.05, 0) is 42.5 Å². The van der Waals surface area contributed by atoms with Gasteiger partial charge in [0.05, 0.1) is 11.1 Å². The molecule has 132 valence electrons. The van der Waals surface area contributed by atoms with Crippen molar-refractivity contribution in [3.05, 3.63) is 90.5 Å². The quantitative estimate of drug-likeness (QED) is 0.552. The van der Waals surface area contributed by atoms with E-state index in [2.05, 4.69) is 20.6 Å². The van der Waals surface area contributed by atoms with Gasteiger partial charge >= 0.3 is 0 Å². The molecule has 0 aliphatic heterocycles. The van der Waals surface area contributed by atoms with Gasteiger partial charge in [-0.1, -0.05) is 18.2 Å². The average Bonchev–Trinajstić information content (AvgIpc) is 2.69. The number of para-hydroxylation sites is 1. The third kappa shape index (κ3) is 3.74. The third-order valence-electron chi connectivity index (χ3n) is 3.99. The van der Waals surface area contributed by atoms with Crippen LogP contribution < -0.4 is 10.6 Å². The predicted molar refractivity (Wildman–Crippen MR) is 104 cm³/mol. The Kier molecular flexibility index (Phi) is 4.45. The molecule has 5 nitrogen and oxygen atoms in total. The van der Waals surface area contributed by atoms with Gasteiger partial charge < -0.3 is 10.6 Å². The number of carbonyl (C=O) groups is 1. The summed E-state index contributed by atoms with van der Waals surface area (Å²) in [5, 5.41) is 6.03. The molecular formula is C21H15FN4O. The number of hydrogen-bond acceptors (Lipinski definition) is 4. The van der Waals surface area contributed by atoms with Crippen LogP contribution in [0.15, 0.2) is 79.1 Å². The molecule has 0 saturated heterocycles. The van der Waals surface area contributed by atoms with Crippen LogP contribution in [-0.2, 0) is 0 Å². The van der Waals surface area contributed by atoms with E-state index < -0.39 is 11.7 Å². The maximum absolute atomic E-state index is 13.8. The minimum Gasteiger partial charge on any atom is -0.356 e. The molecule has 1 amide bonds. The van der Waals surface area contributed by atoms with Crippen LogP contribution in [0.1, 0.15) is 10.4 Å². The second-order valence-electron chi connectivity index (χ2n) is 5.90. The molecule has 0 unspecified atom stereocenters. The summed E-state index contributed by atoms with van der Waals surface area (Å²) in [6, 6.07) is 19.4. The zero-order valence-electron chi connectivity index (χ0n) is 14.2. The fourth-order valence-corrected chi connectivity index (χ4v) is 2.74. The zero-order chi connectivity index (χ0) is 18.6. The van der Waals surface area contributed by atoms with Crippen molar-refractivity contribution in [1.82, 2.24) is 9.97 Å². The number of benzene rings is 3. The summed E-state index contributed by atoms with van der Waals surface area (Å²) >= 11 is 0. The van der Waals surface area contributed by atoms with E-state index in [0.717, 1.165) is 17.4 Å². The number of fused-ring (bicyclic) bond motifs is 1. The number of anilines is 3. The van der Waals surface area contributed by atoms with Gasteiger partial charge in [0.25, 0.3) is 5.91 Å². The summed E-state index contributed by atoms with van der Waals surface area (Å²) in [6.07, 6.45) is 2.93. The topological polar surface area (TPSA) is 66.9 Å². The first kappa shape index (κ1) is 16.7. The van der Waals surface area contributed by atoms with E-state index >= 15 is 0 Å². The van der Waals surface area contributed by atoms with Crippen LogP contribution in [0.3, 0.4) is 0 Å². The number of hydrogen-bond donors (Lipinski definition) is 2. The number of halogens is 1. The maximum atomic E-state index is 13.8. The molecule has 0 radical (unpaired) electrons. The van der Waals surface area contributed by atoms with E-state index in [9.17, 15) is 9.18 Å². The highest BCUT2D eigenvalue weighted by Gasteiger charge is 2.14. The fraction of sp³-hybridized carbons (Fsp3) is 0. The van der Waals surface area contributed by atoms with Gasteiger partial charge in [0.1, 0.15) is 11.3 Å². The maximum Gasteiger partial charge on any atom is 0.258 e. The number of amides is 1. The summed E-state index contributed by atoms with van der Waals surface area (Å²) in [5.74, 6) is -0.973. The van der Waals surface area contributed by atoms with Crippen molar-refractivity contribution >= 4 is 34.0 Å². The fourth-order valence-electron chi connectivity index (χ4n) is 2.74. The highest BCUT2D eigenvalue weighted by molar-refractivity contribution is 6.11. The lowest BCUT2D eigenvalue weighted by atomic mass is 10.1. The molecule has 3 aromatic carbocycles. The van der Waals surface area contributed by atoms with Crippen molar-refractivity contribution in [2.24, 2.45) is 0 Å². The Labute approximate surface area is 154 Å². The molecule has 27 heavy (non-hydrogen) atoms. The molecule has 0 aliphatic rings. The molecule has 0 bridgehead atoms. The first-order chi connectivity index (χ1) is 13.2. The molecule has 1 aromatic heterocycles. The molecule has 2 N–H and O–H groups in total. The van der Waals surface area contributed by atoms with Crippen LogP contribution in [-0.4, -0.2) is 15.9 Å². The minimum atomic E-state index is -0.532. The van der Waals surface area contributed by atoms with Crippen molar-refractivity contribution in [1.29, 1.82) is 0 Å². The number of aromatic nitrogens is 2. The van der Waals surface area contributed by atoms with E-state index in [-0.39, 0.29) is 5.56 Å². The Balaban J connectivity index is 1.53. The van der Waals surface area contributed by atoms with Gasteiger partial charge in [-0.3, -0.25) is 14.8 Å². The zero-order valence-corrected chi connectivity index (χ0v) is 14.2. The van der Waals surface area contributed by atoms with Crippen LogP contribution in [0.25, 0.3) is 11.0 Å². The van der Waals surface area contributed by atoms with Gasteiger partial charge in [-0.15, -0.1) is 0 Å². The largest absolute Gasteiger partial charge is 0.356 e. The van der Waals surface area contributed by atoms with Gasteiger partial charge in [0, 0.05) is 35.5 Å². The molecule has 1 heterocycles. The molecule has 0 aliphatic carbocycles. The first-order valence-electron chi connectivity index (χ1n) is 8.33. The molecule has 0 fully saturated rings. The van der Waals surface area contributed by atoms with Crippen molar-refractivity contribution in [2.45, 2.75) is 0 Å². The van der Waals surface area contributed by atoms with Crippen LogP contribution in [0.2, 0.25) is 0 Å². The van der Waals surface area contributed by atoms with Crippen LogP contribution >= 0.6 is 0 Å². The lowest BCUT2D eigenvalue weighted by molar-refractivity contribution is 0.102. The Morgan fingerprint density at radius 2 is 1.48 bits per heavy atom. The predicted octanol–water partition coefficient (Wildman–Crippen LogP) is 4.76. The number of rotatable bonds is 4. The normalized spacial score (nSPS) is 10.6. The van der Waals surface area contributed by atoms with Gasteiger partial charge in [0.15, 0.2) is 0 Å². The van der Waals surface area contributed by atoms with Crippen LogP contribution in [0.4, 0.5) is 21.5 Å². The van der Waals surface area contributed by atoms with E-state index in [1.54, 1.807) is 12.1 Å². The van der Waals surface area contributed by atoms with E-state index in [4.69, 9.17) is 0 Å². The molecule has 6 heteroatoms. The van der Waals surface area contributed by atoms with Gasteiger partial charge in [-0.25, -0.2) is 4.39 Å². The third-order valence-corrected chi connectivity index (χ3v) is 3.99. The Morgan fingerprint density at radius 3 is 2.26 bits per heavy atom. The Morgan fingerprint density at radius 1 is 0.815 bits per heavy atom. The van der Waals surface area contributed by atoms with Crippen LogP contribution in [0.5, 0.6) is 0 Å². The molecule has 0 spiro atoms. The van der Waals surface area contributed by atoms with Gasteiger partial charge in [0.2, 0.25) is 0 Å². The summed E-state index contributed by atoms with van der Waals surface area (Å²) in [4.78, 5) is 20.8. The molecular weight excluding hydrogens is 343 g/mol. The summed E-state index contributed by atoms with van der Waals surface area (Å²) in [6.45, 7) is 0. The standard InChI is InChI=1S/C21H15FN4O/c22-14-12-18(20-19(13-14)23-10-11-24-20)21(27)26-17-8-6-16(7-9-17)25-15-4-2-1-3-5-15/h1-13,25H,(H,26,27). The second-order valence-corrected chi connectivity index (χ2v) is 5.90. The number of carbonyl (C=O) groups excluding carboxylic acids is 1. The van der Waals surface area contributed by atoms with Crippen molar-refractivity contribution in [2.75, 3.05) is 10.6 Å². The lowest BCUT2D eigenvalue weighted by Crippen LogP contribution is -2.13. The molecule has 0 saturated carbocycles. The minimum absolute atomic E-state index is 0.143. The number of nitrogens with one attached hydrogen (secondary N) is 2. The molecule has 4 rings (SSSR count). The van der Waals surface area contributed by atoms with E-state index in [0.29, 0.717) is 16.7 Å². The van der Waals surface area contributed by atoms with Crippen molar-refractivity contribution in [3.63, 3.8) is 0 Å². The summed E-state index contributed by atoms with van der Waals surface area (Å²) in [5.41, 5.74) is 3.30.